The lowest BCUT2D eigenvalue weighted by molar-refractivity contribution is -0.385. The van der Waals surface area contributed by atoms with E-state index in [4.69, 9.17) is 4.74 Å². The first-order valence-electron chi connectivity index (χ1n) is 8.13. The Morgan fingerprint density at radius 1 is 1.07 bits per heavy atom. The summed E-state index contributed by atoms with van der Waals surface area (Å²) in [5.41, 5.74) is 0.747. The molecule has 0 atom stereocenters. The lowest BCUT2D eigenvalue weighted by atomic mass is 10.1. The van der Waals surface area contributed by atoms with E-state index >= 15 is 0 Å². The minimum Gasteiger partial charge on any atom is -0.497 e. The molecule has 0 radical (unpaired) electrons. The standard InChI is InChI=1S/C19H19N3O5/c1-27-16-9-6-15(7-10-16)19(24)21-13-12-20-18(23)11-8-14-4-2-3-5-17(14)22(25)26/h2-11H,12-13H2,1H3,(H,20,23)(H,21,24). The van der Waals surface area contributed by atoms with Gasteiger partial charge in [0, 0.05) is 30.8 Å². The fourth-order valence-electron chi connectivity index (χ4n) is 2.23. The number of hydrogen-bond acceptors (Lipinski definition) is 5. The number of nitrogens with zero attached hydrogens (tertiary/aromatic N) is 1. The van der Waals surface area contributed by atoms with Crippen molar-refractivity contribution in [3.63, 3.8) is 0 Å². The smallest absolute Gasteiger partial charge is 0.276 e. The topological polar surface area (TPSA) is 111 Å². The Labute approximate surface area is 156 Å². The van der Waals surface area contributed by atoms with E-state index in [-0.39, 0.29) is 24.7 Å². The number of amides is 2. The van der Waals surface area contributed by atoms with Gasteiger partial charge >= 0.3 is 0 Å². The summed E-state index contributed by atoms with van der Waals surface area (Å²) in [6.07, 6.45) is 2.59. The zero-order chi connectivity index (χ0) is 19.6. The number of rotatable bonds is 8. The molecule has 0 spiro atoms. The first-order chi connectivity index (χ1) is 13.0. The van der Waals surface area contributed by atoms with Crippen molar-refractivity contribution in [2.75, 3.05) is 20.2 Å². The van der Waals surface area contributed by atoms with Gasteiger partial charge in [-0.15, -0.1) is 0 Å². The van der Waals surface area contributed by atoms with Crippen molar-refractivity contribution >= 4 is 23.6 Å². The van der Waals surface area contributed by atoms with Crippen LogP contribution in [0.1, 0.15) is 15.9 Å². The second-order valence-corrected chi connectivity index (χ2v) is 5.42. The molecule has 2 amide bonds. The third kappa shape index (κ3) is 5.96. The Hall–Kier alpha value is -3.68. The Balaban J connectivity index is 1.77. The monoisotopic (exact) mass is 369 g/mol. The molecule has 2 rings (SSSR count). The summed E-state index contributed by atoms with van der Waals surface area (Å²) in [5, 5.41) is 16.2. The van der Waals surface area contributed by atoms with Crippen LogP contribution in [-0.2, 0) is 4.79 Å². The molecule has 8 nitrogen and oxygen atoms in total. The van der Waals surface area contributed by atoms with Crippen molar-refractivity contribution in [2.24, 2.45) is 0 Å². The number of ether oxygens (including phenoxy) is 1. The predicted molar refractivity (Wildman–Crippen MR) is 100 cm³/mol. The summed E-state index contributed by atoms with van der Waals surface area (Å²) in [6.45, 7) is 0.470. The molecule has 0 fully saturated rings. The molecule has 140 valence electrons. The normalized spacial score (nSPS) is 10.4. The van der Waals surface area contributed by atoms with E-state index in [2.05, 4.69) is 10.6 Å². The minimum atomic E-state index is -0.508. The van der Waals surface area contributed by atoms with Gasteiger partial charge in [-0.3, -0.25) is 19.7 Å². The maximum Gasteiger partial charge on any atom is 0.276 e. The summed E-state index contributed by atoms with van der Waals surface area (Å²) in [4.78, 5) is 34.2. The quantitative estimate of drug-likeness (QED) is 0.321. The maximum atomic E-state index is 12.0. The van der Waals surface area contributed by atoms with Crippen LogP contribution in [0.5, 0.6) is 5.75 Å². The van der Waals surface area contributed by atoms with Crippen LogP contribution in [0.15, 0.2) is 54.6 Å². The lowest BCUT2D eigenvalue weighted by Gasteiger charge is -2.06. The van der Waals surface area contributed by atoms with Gasteiger partial charge in [0.2, 0.25) is 5.91 Å². The van der Waals surface area contributed by atoms with Gasteiger partial charge in [-0.25, -0.2) is 0 Å². The highest BCUT2D eigenvalue weighted by molar-refractivity contribution is 5.94. The number of nitro groups is 1. The highest BCUT2D eigenvalue weighted by atomic mass is 16.6. The third-order valence-electron chi connectivity index (χ3n) is 3.61. The van der Waals surface area contributed by atoms with E-state index in [9.17, 15) is 19.7 Å². The van der Waals surface area contributed by atoms with E-state index < -0.39 is 10.8 Å². The summed E-state index contributed by atoms with van der Waals surface area (Å²) in [7, 11) is 1.54. The number of nitrogens with one attached hydrogen (secondary N) is 2. The Morgan fingerprint density at radius 3 is 2.41 bits per heavy atom. The zero-order valence-corrected chi connectivity index (χ0v) is 14.7. The molecular formula is C19H19N3O5. The van der Waals surface area contributed by atoms with Crippen LogP contribution in [0.25, 0.3) is 6.08 Å². The average Bonchev–Trinajstić information content (AvgIpc) is 2.69. The first kappa shape index (κ1) is 19.6. The molecule has 27 heavy (non-hydrogen) atoms. The highest BCUT2D eigenvalue weighted by Gasteiger charge is 2.09. The maximum absolute atomic E-state index is 12.0. The van der Waals surface area contributed by atoms with Gasteiger partial charge < -0.3 is 15.4 Å². The molecule has 0 unspecified atom stereocenters. The lowest BCUT2D eigenvalue weighted by Crippen LogP contribution is -2.33. The van der Waals surface area contributed by atoms with Crippen LogP contribution in [0.3, 0.4) is 0 Å². The molecule has 0 aliphatic heterocycles. The largest absolute Gasteiger partial charge is 0.497 e. The molecule has 2 aromatic rings. The fraction of sp³-hybridized carbons (Fsp3) is 0.158. The number of nitro benzene ring substituents is 1. The molecule has 0 saturated heterocycles. The van der Waals surface area contributed by atoms with E-state index in [1.54, 1.807) is 49.6 Å². The van der Waals surface area contributed by atoms with Gasteiger partial charge in [-0.2, -0.15) is 0 Å². The zero-order valence-electron chi connectivity index (χ0n) is 14.7. The molecule has 0 aromatic heterocycles. The molecular weight excluding hydrogens is 350 g/mol. The average molecular weight is 369 g/mol. The van der Waals surface area contributed by atoms with E-state index in [0.717, 1.165) is 0 Å². The number of para-hydroxylation sites is 1. The number of carbonyl (C=O) groups excluding carboxylic acids is 2. The molecule has 0 aliphatic rings. The van der Waals surface area contributed by atoms with Crippen LogP contribution in [0, 0.1) is 10.1 Å². The van der Waals surface area contributed by atoms with Gasteiger partial charge in [0.05, 0.1) is 17.6 Å². The van der Waals surface area contributed by atoms with Gasteiger partial charge in [0.1, 0.15) is 5.75 Å². The summed E-state index contributed by atoms with van der Waals surface area (Å²) < 4.78 is 5.03. The summed E-state index contributed by atoms with van der Waals surface area (Å²) >= 11 is 0. The van der Waals surface area contributed by atoms with E-state index in [1.807, 2.05) is 0 Å². The first-order valence-corrected chi connectivity index (χ1v) is 8.13. The van der Waals surface area contributed by atoms with Crippen LogP contribution >= 0.6 is 0 Å². The van der Waals surface area contributed by atoms with Crippen molar-refractivity contribution in [1.29, 1.82) is 0 Å². The summed E-state index contributed by atoms with van der Waals surface area (Å²) in [5.74, 6) is -0.0153. The van der Waals surface area contributed by atoms with E-state index in [0.29, 0.717) is 16.9 Å². The van der Waals surface area contributed by atoms with Crippen molar-refractivity contribution in [3.05, 3.63) is 75.8 Å². The van der Waals surface area contributed by atoms with Crippen molar-refractivity contribution < 1.29 is 19.2 Å². The van der Waals surface area contributed by atoms with Crippen LogP contribution in [0.4, 0.5) is 5.69 Å². The minimum absolute atomic E-state index is 0.0756. The fourth-order valence-corrected chi connectivity index (χ4v) is 2.23. The van der Waals surface area contributed by atoms with Crippen molar-refractivity contribution in [3.8, 4) is 5.75 Å². The number of methoxy groups -OCH3 is 1. The van der Waals surface area contributed by atoms with Crippen LogP contribution in [0.2, 0.25) is 0 Å². The molecule has 0 bridgehead atoms. The number of hydrogen-bond donors (Lipinski definition) is 2. The molecule has 2 N–H and O–H groups in total. The Bertz CT molecular complexity index is 847. The number of benzene rings is 2. The van der Waals surface area contributed by atoms with Gasteiger partial charge in [0.25, 0.3) is 11.6 Å². The van der Waals surface area contributed by atoms with Gasteiger partial charge in [-0.05, 0) is 36.4 Å². The Morgan fingerprint density at radius 2 is 1.74 bits per heavy atom. The van der Waals surface area contributed by atoms with Crippen LogP contribution < -0.4 is 15.4 Å². The number of carbonyl (C=O) groups is 2. The molecule has 0 saturated carbocycles. The van der Waals surface area contributed by atoms with Crippen LogP contribution in [-0.4, -0.2) is 36.9 Å². The molecule has 2 aromatic carbocycles. The molecule has 8 heteroatoms. The second-order valence-electron chi connectivity index (χ2n) is 5.42. The summed E-state index contributed by atoms with van der Waals surface area (Å²) in [6, 6.07) is 12.8. The second kappa shape index (κ2) is 9.71. The molecule has 0 heterocycles. The van der Waals surface area contributed by atoms with Crippen molar-refractivity contribution in [2.45, 2.75) is 0 Å². The SMILES string of the molecule is COc1ccc(C(=O)NCCNC(=O)C=Cc2ccccc2[N+](=O)[O-])cc1. The third-order valence-corrected chi connectivity index (χ3v) is 3.61. The molecule has 0 aliphatic carbocycles. The van der Waals surface area contributed by atoms with Gasteiger partial charge in [-0.1, -0.05) is 12.1 Å². The predicted octanol–water partition coefficient (Wildman–Crippen LogP) is 2.16. The van der Waals surface area contributed by atoms with Crippen molar-refractivity contribution in [1.82, 2.24) is 10.6 Å². The highest BCUT2D eigenvalue weighted by Crippen LogP contribution is 2.18. The Kier molecular flexibility index (Phi) is 7.07. The van der Waals surface area contributed by atoms with Gasteiger partial charge in [0.15, 0.2) is 0 Å². The van der Waals surface area contributed by atoms with E-state index in [1.165, 1.54) is 18.2 Å².